The third-order valence-corrected chi connectivity index (χ3v) is 3.68. The molecule has 0 amide bonds. The second-order valence-electron chi connectivity index (χ2n) is 4.66. The molecular formula is C13H16ClN3O. The van der Waals surface area contributed by atoms with Crippen LogP contribution in [0.5, 0.6) is 0 Å². The first-order valence-electron chi connectivity index (χ1n) is 6.26. The first-order valence-corrected chi connectivity index (χ1v) is 6.64. The molecule has 1 aliphatic heterocycles. The molecule has 1 fully saturated rings. The van der Waals surface area contributed by atoms with E-state index in [1.165, 1.54) is 0 Å². The molecule has 1 aromatic heterocycles. The standard InChI is InChI=1S/C13H16ClN3O/c1-9-7-12-11(8-10(9)14)16-13(18-12)17-5-2-3-15-4-6-17/h7-8,15H,2-6H2,1H3. The van der Waals surface area contributed by atoms with Gasteiger partial charge in [-0.3, -0.25) is 0 Å². The zero-order valence-electron chi connectivity index (χ0n) is 10.4. The van der Waals surface area contributed by atoms with Gasteiger partial charge < -0.3 is 14.6 Å². The number of benzene rings is 1. The van der Waals surface area contributed by atoms with Crippen LogP contribution in [0.25, 0.3) is 11.1 Å². The maximum Gasteiger partial charge on any atom is 0.298 e. The van der Waals surface area contributed by atoms with Gasteiger partial charge in [-0.25, -0.2) is 0 Å². The molecule has 1 aliphatic rings. The average Bonchev–Trinajstić information content (AvgIpc) is 2.60. The van der Waals surface area contributed by atoms with E-state index in [1.807, 2.05) is 19.1 Å². The van der Waals surface area contributed by atoms with E-state index < -0.39 is 0 Å². The highest BCUT2D eigenvalue weighted by Crippen LogP contribution is 2.27. The number of aryl methyl sites for hydroxylation is 1. The van der Waals surface area contributed by atoms with Crippen molar-refractivity contribution < 1.29 is 4.42 Å². The van der Waals surface area contributed by atoms with Crippen LogP contribution < -0.4 is 10.2 Å². The third kappa shape index (κ3) is 2.18. The molecule has 3 rings (SSSR count). The summed E-state index contributed by atoms with van der Waals surface area (Å²) in [7, 11) is 0. The zero-order valence-corrected chi connectivity index (χ0v) is 11.1. The fraction of sp³-hybridized carbons (Fsp3) is 0.462. The van der Waals surface area contributed by atoms with E-state index >= 15 is 0 Å². The van der Waals surface area contributed by atoms with E-state index in [4.69, 9.17) is 16.0 Å². The van der Waals surface area contributed by atoms with Crippen molar-refractivity contribution in [2.24, 2.45) is 0 Å². The Bertz CT molecular complexity index is 520. The van der Waals surface area contributed by atoms with Gasteiger partial charge in [-0.2, -0.15) is 4.98 Å². The van der Waals surface area contributed by atoms with Crippen molar-refractivity contribution in [2.75, 3.05) is 31.1 Å². The van der Waals surface area contributed by atoms with Gasteiger partial charge in [0.1, 0.15) is 5.52 Å². The lowest BCUT2D eigenvalue weighted by molar-refractivity contribution is 0.570. The lowest BCUT2D eigenvalue weighted by Gasteiger charge is -2.16. The van der Waals surface area contributed by atoms with Crippen LogP contribution in [0.2, 0.25) is 5.02 Å². The van der Waals surface area contributed by atoms with Crippen molar-refractivity contribution in [1.29, 1.82) is 0 Å². The van der Waals surface area contributed by atoms with E-state index in [0.717, 1.165) is 54.3 Å². The zero-order chi connectivity index (χ0) is 12.5. The Labute approximate surface area is 111 Å². The van der Waals surface area contributed by atoms with Gasteiger partial charge in [0.15, 0.2) is 5.58 Å². The van der Waals surface area contributed by atoms with Gasteiger partial charge in [-0.05, 0) is 37.6 Å². The summed E-state index contributed by atoms with van der Waals surface area (Å²) in [6, 6.07) is 4.52. The first kappa shape index (κ1) is 11.8. The molecule has 18 heavy (non-hydrogen) atoms. The maximum absolute atomic E-state index is 6.10. The largest absolute Gasteiger partial charge is 0.423 e. The average molecular weight is 266 g/mol. The van der Waals surface area contributed by atoms with Crippen molar-refractivity contribution in [3.8, 4) is 0 Å². The Balaban J connectivity index is 1.96. The summed E-state index contributed by atoms with van der Waals surface area (Å²) < 4.78 is 5.83. The minimum Gasteiger partial charge on any atom is -0.423 e. The monoisotopic (exact) mass is 265 g/mol. The molecule has 0 atom stereocenters. The lowest BCUT2D eigenvalue weighted by atomic mass is 10.2. The second kappa shape index (κ2) is 4.78. The summed E-state index contributed by atoms with van der Waals surface area (Å²) in [5.41, 5.74) is 2.66. The summed E-state index contributed by atoms with van der Waals surface area (Å²) in [6.07, 6.45) is 1.11. The molecule has 0 saturated carbocycles. The number of hydrogen-bond donors (Lipinski definition) is 1. The van der Waals surface area contributed by atoms with Crippen molar-refractivity contribution in [1.82, 2.24) is 10.3 Å². The summed E-state index contributed by atoms with van der Waals surface area (Å²) in [5, 5.41) is 4.10. The quantitative estimate of drug-likeness (QED) is 0.861. The molecule has 0 spiro atoms. The van der Waals surface area contributed by atoms with E-state index in [2.05, 4.69) is 15.2 Å². The molecule has 2 aromatic rings. The van der Waals surface area contributed by atoms with Gasteiger partial charge in [-0.15, -0.1) is 0 Å². The molecule has 2 heterocycles. The van der Waals surface area contributed by atoms with Crippen LogP contribution in [0.3, 0.4) is 0 Å². The number of nitrogens with zero attached hydrogens (tertiary/aromatic N) is 2. The fourth-order valence-corrected chi connectivity index (χ4v) is 2.37. The highest BCUT2D eigenvalue weighted by Gasteiger charge is 2.16. The van der Waals surface area contributed by atoms with E-state index in [-0.39, 0.29) is 0 Å². The van der Waals surface area contributed by atoms with Crippen LogP contribution in [0.1, 0.15) is 12.0 Å². The van der Waals surface area contributed by atoms with Gasteiger partial charge in [0.05, 0.1) is 0 Å². The predicted molar refractivity (Wildman–Crippen MR) is 73.5 cm³/mol. The van der Waals surface area contributed by atoms with Gasteiger partial charge in [-0.1, -0.05) is 11.6 Å². The summed E-state index contributed by atoms with van der Waals surface area (Å²) in [5.74, 6) is 0. The SMILES string of the molecule is Cc1cc2oc(N3CCCNCC3)nc2cc1Cl. The Hall–Kier alpha value is -1.26. The number of hydrogen-bond acceptors (Lipinski definition) is 4. The predicted octanol–water partition coefficient (Wildman–Crippen LogP) is 2.59. The molecule has 4 nitrogen and oxygen atoms in total. The Morgan fingerprint density at radius 2 is 2.22 bits per heavy atom. The molecule has 0 unspecified atom stereocenters. The number of nitrogens with one attached hydrogen (secondary N) is 1. The molecule has 96 valence electrons. The molecule has 1 saturated heterocycles. The molecule has 1 aromatic carbocycles. The van der Waals surface area contributed by atoms with Crippen molar-refractivity contribution in [3.63, 3.8) is 0 Å². The van der Waals surface area contributed by atoms with Crippen LogP contribution in [-0.2, 0) is 0 Å². The number of halogens is 1. The highest BCUT2D eigenvalue weighted by molar-refractivity contribution is 6.32. The topological polar surface area (TPSA) is 41.3 Å². The van der Waals surface area contributed by atoms with Crippen LogP contribution in [0, 0.1) is 6.92 Å². The minimum atomic E-state index is 0.704. The van der Waals surface area contributed by atoms with Crippen LogP contribution in [0.4, 0.5) is 6.01 Å². The van der Waals surface area contributed by atoms with Crippen LogP contribution in [-0.4, -0.2) is 31.2 Å². The van der Waals surface area contributed by atoms with Gasteiger partial charge >= 0.3 is 0 Å². The molecule has 0 aliphatic carbocycles. The Morgan fingerprint density at radius 3 is 3.11 bits per heavy atom. The second-order valence-corrected chi connectivity index (χ2v) is 5.06. The van der Waals surface area contributed by atoms with Gasteiger partial charge in [0.25, 0.3) is 6.01 Å². The molecular weight excluding hydrogens is 250 g/mol. The first-order chi connectivity index (χ1) is 8.74. The van der Waals surface area contributed by atoms with E-state index in [0.29, 0.717) is 6.01 Å². The molecule has 5 heteroatoms. The summed E-state index contributed by atoms with van der Waals surface area (Å²) >= 11 is 6.10. The number of fused-ring (bicyclic) bond motifs is 1. The smallest absolute Gasteiger partial charge is 0.298 e. The molecule has 0 radical (unpaired) electrons. The van der Waals surface area contributed by atoms with Crippen LogP contribution in [0.15, 0.2) is 16.5 Å². The lowest BCUT2D eigenvalue weighted by Crippen LogP contribution is -2.27. The van der Waals surface area contributed by atoms with E-state index in [1.54, 1.807) is 0 Å². The minimum absolute atomic E-state index is 0.704. The Kier molecular flexibility index (Phi) is 3.14. The van der Waals surface area contributed by atoms with Gasteiger partial charge in [0, 0.05) is 24.7 Å². The molecule has 1 N–H and O–H groups in total. The number of aromatic nitrogens is 1. The van der Waals surface area contributed by atoms with E-state index in [9.17, 15) is 0 Å². The number of anilines is 1. The van der Waals surface area contributed by atoms with Crippen molar-refractivity contribution >= 4 is 28.7 Å². The van der Waals surface area contributed by atoms with Gasteiger partial charge in [0.2, 0.25) is 0 Å². The third-order valence-electron chi connectivity index (χ3n) is 3.27. The molecule has 0 bridgehead atoms. The summed E-state index contributed by atoms with van der Waals surface area (Å²) in [6.45, 7) is 5.91. The van der Waals surface area contributed by atoms with Crippen LogP contribution >= 0.6 is 11.6 Å². The van der Waals surface area contributed by atoms with Crippen molar-refractivity contribution in [2.45, 2.75) is 13.3 Å². The highest BCUT2D eigenvalue weighted by atomic mass is 35.5. The summed E-state index contributed by atoms with van der Waals surface area (Å²) in [4.78, 5) is 6.71. The fourth-order valence-electron chi connectivity index (χ4n) is 2.21. The maximum atomic E-state index is 6.10. The Morgan fingerprint density at radius 1 is 1.33 bits per heavy atom. The van der Waals surface area contributed by atoms with Crippen molar-refractivity contribution in [3.05, 3.63) is 22.7 Å². The normalized spacial score (nSPS) is 17.1. The number of oxazole rings is 1. The number of rotatable bonds is 1.